The maximum atomic E-state index is 12.9. The highest BCUT2D eigenvalue weighted by atomic mass is 16.2. The van der Waals surface area contributed by atoms with Gasteiger partial charge >= 0.3 is 0 Å². The number of aromatic nitrogens is 2. The maximum absolute atomic E-state index is 12.9. The number of imidazole rings is 1. The van der Waals surface area contributed by atoms with E-state index in [1.165, 1.54) is 0 Å². The summed E-state index contributed by atoms with van der Waals surface area (Å²) in [6.07, 6.45) is 6.85. The van der Waals surface area contributed by atoms with Gasteiger partial charge in [-0.15, -0.1) is 0 Å². The molecule has 0 bridgehead atoms. The van der Waals surface area contributed by atoms with Gasteiger partial charge in [0, 0.05) is 32.0 Å². The SMILES string of the molecule is CCC1(C(=O)N2CCn3ccnc3C2)CCCNC1. The van der Waals surface area contributed by atoms with E-state index in [1.54, 1.807) is 0 Å². The Balaban J connectivity index is 1.77. The van der Waals surface area contributed by atoms with Crippen molar-refractivity contribution in [2.24, 2.45) is 5.41 Å². The molecule has 1 saturated heterocycles. The monoisotopic (exact) mass is 262 g/mol. The smallest absolute Gasteiger partial charge is 0.230 e. The lowest BCUT2D eigenvalue weighted by atomic mass is 9.77. The van der Waals surface area contributed by atoms with Crippen molar-refractivity contribution in [1.82, 2.24) is 19.8 Å². The van der Waals surface area contributed by atoms with Crippen LogP contribution in [-0.2, 0) is 17.9 Å². The van der Waals surface area contributed by atoms with E-state index in [9.17, 15) is 4.79 Å². The van der Waals surface area contributed by atoms with Crippen LogP contribution >= 0.6 is 0 Å². The van der Waals surface area contributed by atoms with Gasteiger partial charge in [0.1, 0.15) is 5.82 Å². The Morgan fingerprint density at radius 1 is 1.53 bits per heavy atom. The van der Waals surface area contributed by atoms with Crippen LogP contribution in [0.25, 0.3) is 0 Å². The van der Waals surface area contributed by atoms with Crippen LogP contribution in [0.5, 0.6) is 0 Å². The van der Waals surface area contributed by atoms with E-state index < -0.39 is 0 Å². The predicted octanol–water partition coefficient (Wildman–Crippen LogP) is 1.01. The lowest BCUT2D eigenvalue weighted by molar-refractivity contribution is -0.145. The van der Waals surface area contributed by atoms with Crippen LogP contribution in [0.15, 0.2) is 12.4 Å². The Labute approximate surface area is 114 Å². The van der Waals surface area contributed by atoms with Crippen molar-refractivity contribution in [2.45, 2.75) is 39.3 Å². The molecule has 3 rings (SSSR count). The van der Waals surface area contributed by atoms with Crippen molar-refractivity contribution in [3.63, 3.8) is 0 Å². The minimum atomic E-state index is -0.187. The maximum Gasteiger partial charge on any atom is 0.230 e. The van der Waals surface area contributed by atoms with Gasteiger partial charge in [0.25, 0.3) is 0 Å². The summed E-state index contributed by atoms with van der Waals surface area (Å²) in [4.78, 5) is 19.2. The Morgan fingerprint density at radius 3 is 3.16 bits per heavy atom. The number of carbonyl (C=O) groups is 1. The summed E-state index contributed by atoms with van der Waals surface area (Å²) in [6, 6.07) is 0. The summed E-state index contributed by atoms with van der Waals surface area (Å²) in [5.74, 6) is 1.33. The number of hydrogen-bond donors (Lipinski definition) is 1. The van der Waals surface area contributed by atoms with E-state index in [0.717, 1.165) is 51.3 Å². The van der Waals surface area contributed by atoms with E-state index in [-0.39, 0.29) is 5.41 Å². The molecule has 1 aromatic heterocycles. The molecule has 0 radical (unpaired) electrons. The second-order valence-corrected chi connectivity index (χ2v) is 5.68. The topological polar surface area (TPSA) is 50.2 Å². The van der Waals surface area contributed by atoms with Gasteiger partial charge in [-0.2, -0.15) is 0 Å². The number of amides is 1. The molecular formula is C14H22N4O. The van der Waals surface area contributed by atoms with Gasteiger partial charge in [0.05, 0.1) is 12.0 Å². The van der Waals surface area contributed by atoms with Crippen LogP contribution < -0.4 is 5.32 Å². The van der Waals surface area contributed by atoms with Crippen LogP contribution in [0.3, 0.4) is 0 Å². The highest BCUT2D eigenvalue weighted by molar-refractivity contribution is 5.83. The number of carbonyl (C=O) groups excluding carboxylic acids is 1. The minimum absolute atomic E-state index is 0.187. The van der Waals surface area contributed by atoms with E-state index in [0.29, 0.717) is 12.5 Å². The van der Waals surface area contributed by atoms with Gasteiger partial charge in [-0.1, -0.05) is 6.92 Å². The summed E-state index contributed by atoms with van der Waals surface area (Å²) in [6.45, 7) is 6.34. The van der Waals surface area contributed by atoms with Gasteiger partial charge < -0.3 is 14.8 Å². The Hall–Kier alpha value is -1.36. The van der Waals surface area contributed by atoms with Gasteiger partial charge in [-0.05, 0) is 25.8 Å². The van der Waals surface area contributed by atoms with Gasteiger partial charge in [-0.25, -0.2) is 4.98 Å². The molecule has 1 amide bonds. The average molecular weight is 262 g/mol. The van der Waals surface area contributed by atoms with Gasteiger partial charge in [0.15, 0.2) is 0 Å². The predicted molar refractivity (Wildman–Crippen MR) is 72.5 cm³/mol. The number of piperidine rings is 1. The minimum Gasteiger partial charge on any atom is -0.333 e. The van der Waals surface area contributed by atoms with Crippen LogP contribution in [0.4, 0.5) is 0 Å². The second-order valence-electron chi connectivity index (χ2n) is 5.68. The highest BCUT2D eigenvalue weighted by Crippen LogP contribution is 2.33. The standard InChI is InChI=1S/C14H22N4O/c1-2-14(4-3-5-15-11-14)13(19)18-9-8-17-7-6-16-12(17)10-18/h6-7,15H,2-5,8-11H2,1H3. The third-order valence-electron chi connectivity index (χ3n) is 4.63. The molecule has 1 fully saturated rings. The first kappa shape index (κ1) is 12.7. The van der Waals surface area contributed by atoms with E-state index in [1.807, 2.05) is 17.3 Å². The molecule has 2 aliphatic rings. The zero-order valence-electron chi connectivity index (χ0n) is 11.6. The molecule has 3 heterocycles. The summed E-state index contributed by atoms with van der Waals surface area (Å²) >= 11 is 0. The summed E-state index contributed by atoms with van der Waals surface area (Å²) in [5.41, 5.74) is -0.187. The zero-order valence-corrected chi connectivity index (χ0v) is 11.6. The molecule has 0 aromatic carbocycles. The Morgan fingerprint density at radius 2 is 2.42 bits per heavy atom. The van der Waals surface area contributed by atoms with E-state index in [2.05, 4.69) is 21.8 Å². The largest absolute Gasteiger partial charge is 0.333 e. The molecule has 19 heavy (non-hydrogen) atoms. The molecule has 5 heteroatoms. The van der Waals surface area contributed by atoms with Crippen molar-refractivity contribution in [3.8, 4) is 0 Å². The number of hydrogen-bond acceptors (Lipinski definition) is 3. The first-order chi connectivity index (χ1) is 9.25. The molecule has 1 unspecified atom stereocenters. The van der Waals surface area contributed by atoms with Crippen molar-refractivity contribution in [2.75, 3.05) is 19.6 Å². The van der Waals surface area contributed by atoms with Crippen molar-refractivity contribution < 1.29 is 4.79 Å². The van der Waals surface area contributed by atoms with E-state index in [4.69, 9.17) is 0 Å². The normalized spacial score (nSPS) is 27.1. The molecule has 1 N–H and O–H groups in total. The molecule has 0 saturated carbocycles. The fourth-order valence-electron chi connectivity index (χ4n) is 3.29. The Kier molecular flexibility index (Phi) is 3.31. The second kappa shape index (κ2) is 4.96. The van der Waals surface area contributed by atoms with Gasteiger partial charge in [-0.3, -0.25) is 4.79 Å². The number of fused-ring (bicyclic) bond motifs is 1. The van der Waals surface area contributed by atoms with Crippen LogP contribution in [0.2, 0.25) is 0 Å². The highest BCUT2D eigenvalue weighted by Gasteiger charge is 2.41. The summed E-state index contributed by atoms with van der Waals surface area (Å²) < 4.78 is 2.14. The molecule has 104 valence electrons. The molecule has 1 atom stereocenters. The third-order valence-corrected chi connectivity index (χ3v) is 4.63. The van der Waals surface area contributed by atoms with Gasteiger partial charge in [0.2, 0.25) is 5.91 Å². The zero-order chi connectivity index (χ0) is 13.3. The number of rotatable bonds is 2. The molecule has 5 nitrogen and oxygen atoms in total. The summed E-state index contributed by atoms with van der Waals surface area (Å²) in [7, 11) is 0. The van der Waals surface area contributed by atoms with Crippen molar-refractivity contribution in [1.29, 1.82) is 0 Å². The van der Waals surface area contributed by atoms with Crippen molar-refractivity contribution in [3.05, 3.63) is 18.2 Å². The first-order valence-corrected chi connectivity index (χ1v) is 7.25. The fraction of sp³-hybridized carbons (Fsp3) is 0.714. The first-order valence-electron chi connectivity index (χ1n) is 7.25. The van der Waals surface area contributed by atoms with Crippen molar-refractivity contribution >= 4 is 5.91 Å². The quantitative estimate of drug-likeness (QED) is 0.865. The molecule has 1 aromatic rings. The molecule has 0 aliphatic carbocycles. The fourth-order valence-corrected chi connectivity index (χ4v) is 3.29. The lowest BCUT2D eigenvalue weighted by Crippen LogP contribution is -2.53. The Bertz CT molecular complexity index is 462. The molecular weight excluding hydrogens is 240 g/mol. The number of nitrogens with zero attached hydrogens (tertiary/aromatic N) is 3. The number of nitrogens with one attached hydrogen (secondary N) is 1. The van der Waals surface area contributed by atoms with Crippen LogP contribution in [0, 0.1) is 5.41 Å². The summed E-state index contributed by atoms with van der Waals surface area (Å²) in [5, 5.41) is 3.39. The third kappa shape index (κ3) is 2.16. The lowest BCUT2D eigenvalue weighted by Gasteiger charge is -2.40. The average Bonchev–Trinajstić information content (AvgIpc) is 2.94. The molecule has 0 spiro atoms. The van der Waals surface area contributed by atoms with Crippen LogP contribution in [-0.4, -0.2) is 40.0 Å². The molecule has 2 aliphatic heterocycles. The van der Waals surface area contributed by atoms with E-state index >= 15 is 0 Å². The van der Waals surface area contributed by atoms with Crippen LogP contribution in [0.1, 0.15) is 32.0 Å².